The van der Waals surface area contributed by atoms with E-state index in [9.17, 15) is 26.7 Å². The first kappa shape index (κ1) is 24.0. The van der Waals surface area contributed by atoms with Crippen LogP contribution in [0.1, 0.15) is 17.4 Å². The van der Waals surface area contributed by atoms with Crippen LogP contribution >= 0.6 is 11.3 Å². The van der Waals surface area contributed by atoms with Crippen LogP contribution in [0.3, 0.4) is 0 Å². The maximum absolute atomic E-state index is 13.2. The molecule has 35 heavy (non-hydrogen) atoms. The molecule has 1 amide bonds. The molecule has 9 nitrogen and oxygen atoms in total. The maximum Gasteiger partial charge on any atom is 0.586 e. The minimum Gasteiger partial charge on any atom is -0.406 e. The topological polar surface area (TPSA) is 110 Å². The third-order valence-corrected chi connectivity index (χ3v) is 4.99. The monoisotopic (exact) mass is 515 g/mol. The second-order valence-corrected chi connectivity index (χ2v) is 7.64. The third kappa shape index (κ3) is 5.87. The first-order chi connectivity index (χ1) is 16.4. The molecule has 2 aromatic heterocycles. The van der Waals surface area contributed by atoms with Gasteiger partial charge in [-0.15, -0.1) is 33.3 Å². The number of imidazole rings is 1. The van der Waals surface area contributed by atoms with Crippen LogP contribution in [0.2, 0.25) is 0 Å². The molecule has 3 aromatic rings. The van der Waals surface area contributed by atoms with Gasteiger partial charge in [-0.3, -0.25) is 10.1 Å². The zero-order chi connectivity index (χ0) is 25.4. The fourth-order valence-electron chi connectivity index (χ4n) is 2.82. The summed E-state index contributed by atoms with van der Waals surface area (Å²) >= 11 is 1.07. The van der Waals surface area contributed by atoms with Gasteiger partial charge in [-0.25, -0.2) is 9.97 Å². The second kappa shape index (κ2) is 8.90. The highest BCUT2D eigenvalue weighted by Gasteiger charge is 2.43. The summed E-state index contributed by atoms with van der Waals surface area (Å²) in [6, 6.07) is 2.50. The number of hydrogen-bond donors (Lipinski definition) is 3. The molecule has 3 N–H and O–H groups in total. The molecule has 0 saturated carbocycles. The van der Waals surface area contributed by atoms with Gasteiger partial charge in [0.25, 0.3) is 5.91 Å². The Bertz CT molecular complexity index is 1320. The number of allylic oxidation sites excluding steroid dienone is 3. The highest BCUT2D eigenvalue weighted by molar-refractivity contribution is 7.14. The number of halogens is 5. The number of aromatic amines is 1. The van der Waals surface area contributed by atoms with Crippen LogP contribution < -0.4 is 20.1 Å². The number of fused-ring (bicyclic) bond motifs is 2. The molecule has 0 unspecified atom stereocenters. The highest BCUT2D eigenvalue weighted by atomic mass is 32.1. The van der Waals surface area contributed by atoms with E-state index in [0.29, 0.717) is 11.2 Å². The van der Waals surface area contributed by atoms with Gasteiger partial charge < -0.3 is 24.5 Å². The number of nitrogens with zero attached hydrogens (tertiary/aromatic N) is 2. The van der Waals surface area contributed by atoms with E-state index in [4.69, 9.17) is 0 Å². The molecular weight excluding hydrogens is 501 g/mol. The van der Waals surface area contributed by atoms with Crippen LogP contribution in [0.15, 0.2) is 53.8 Å². The van der Waals surface area contributed by atoms with Gasteiger partial charge >= 0.3 is 12.7 Å². The summed E-state index contributed by atoms with van der Waals surface area (Å²) in [5.41, 5.74) is 0.970. The summed E-state index contributed by atoms with van der Waals surface area (Å²) < 4.78 is 75.4. The van der Waals surface area contributed by atoms with E-state index < -0.39 is 24.3 Å². The Kier molecular flexibility index (Phi) is 6.10. The Morgan fingerprint density at radius 2 is 1.91 bits per heavy atom. The van der Waals surface area contributed by atoms with Gasteiger partial charge in [-0.1, -0.05) is 12.7 Å². The lowest BCUT2D eigenvalue weighted by Gasteiger charge is -2.08. The molecule has 1 aliphatic rings. The number of nitrogens with one attached hydrogen (secondary N) is 3. The van der Waals surface area contributed by atoms with Crippen molar-refractivity contribution in [2.75, 3.05) is 10.6 Å². The van der Waals surface area contributed by atoms with Crippen LogP contribution in [-0.2, 0) is 4.74 Å². The minimum absolute atomic E-state index is 0.0241. The van der Waals surface area contributed by atoms with Gasteiger partial charge in [0, 0.05) is 23.2 Å². The van der Waals surface area contributed by atoms with Crippen LogP contribution in [0.25, 0.3) is 11.0 Å². The smallest absolute Gasteiger partial charge is 0.406 e. The number of alkyl halides is 5. The zero-order valence-electron chi connectivity index (χ0n) is 17.5. The minimum atomic E-state index is -4.85. The normalized spacial score (nSPS) is 15.0. The van der Waals surface area contributed by atoms with Crippen molar-refractivity contribution in [2.24, 2.45) is 0 Å². The van der Waals surface area contributed by atoms with Gasteiger partial charge in [0.15, 0.2) is 16.6 Å². The predicted octanol–water partition coefficient (Wildman–Crippen LogP) is 5.52. The van der Waals surface area contributed by atoms with Crippen molar-refractivity contribution in [3.05, 3.63) is 59.5 Å². The molecule has 0 fully saturated rings. The largest absolute Gasteiger partial charge is 0.586 e. The van der Waals surface area contributed by atoms with Crippen LogP contribution in [0.4, 0.5) is 33.0 Å². The van der Waals surface area contributed by atoms with Crippen molar-refractivity contribution in [1.82, 2.24) is 15.0 Å². The molecule has 0 radical (unpaired) electrons. The number of H-pyrrole nitrogens is 1. The first-order valence-electron chi connectivity index (χ1n) is 9.53. The number of ether oxygens (including phenoxy) is 3. The Morgan fingerprint density at radius 3 is 2.60 bits per heavy atom. The zero-order valence-corrected chi connectivity index (χ0v) is 18.3. The Morgan fingerprint density at radius 1 is 1.20 bits per heavy atom. The van der Waals surface area contributed by atoms with Gasteiger partial charge in [0.2, 0.25) is 5.95 Å². The van der Waals surface area contributed by atoms with Crippen LogP contribution in [0, 0.1) is 0 Å². The standard InChI is InChI=1S/C20H14F5N5O4S/c1-3-10(5-4-9(2)32-19(21,22)23)26-18-29-13(8-35-18)16(31)30-17-27-11-6-14-15(7-12(11)28-17)34-20(24,25)33-14/h3-8H,2H2,1H3,(H,26,29)(H2,27,28,30,31)/b5-4-,10-3+. The quantitative estimate of drug-likeness (QED) is 0.216. The van der Waals surface area contributed by atoms with Crippen molar-refractivity contribution in [1.29, 1.82) is 0 Å². The van der Waals surface area contributed by atoms with Gasteiger partial charge in [-0.2, -0.15) is 0 Å². The van der Waals surface area contributed by atoms with E-state index in [1.165, 1.54) is 23.6 Å². The molecule has 0 bridgehead atoms. The number of anilines is 2. The molecule has 15 heteroatoms. The summed E-state index contributed by atoms with van der Waals surface area (Å²) in [5, 5.41) is 7.08. The number of thiazole rings is 1. The molecule has 0 aliphatic carbocycles. The lowest BCUT2D eigenvalue weighted by molar-refractivity contribution is -0.303. The van der Waals surface area contributed by atoms with E-state index in [1.54, 1.807) is 13.0 Å². The van der Waals surface area contributed by atoms with E-state index in [1.807, 2.05) is 0 Å². The SMILES string of the molecule is C=C(/C=C\C(=C/C)Nc1nc(C(=O)Nc2nc3cc4c(cc3[nH]2)OC(F)(F)O4)cs1)OC(F)(F)F. The molecule has 0 atom stereocenters. The van der Waals surface area contributed by atoms with Crippen molar-refractivity contribution < 1.29 is 41.0 Å². The average molecular weight is 515 g/mol. The number of aromatic nitrogens is 3. The van der Waals surface area contributed by atoms with E-state index in [2.05, 4.69) is 46.4 Å². The fraction of sp³-hybridized carbons (Fsp3) is 0.150. The summed E-state index contributed by atoms with van der Waals surface area (Å²) in [6.45, 7) is 4.79. The lowest BCUT2D eigenvalue weighted by atomic mass is 10.3. The van der Waals surface area contributed by atoms with E-state index in [0.717, 1.165) is 17.4 Å². The van der Waals surface area contributed by atoms with E-state index in [-0.39, 0.29) is 33.8 Å². The molecule has 0 spiro atoms. The third-order valence-electron chi connectivity index (χ3n) is 4.23. The average Bonchev–Trinajstić information content (AvgIpc) is 3.42. The number of benzene rings is 1. The van der Waals surface area contributed by atoms with Gasteiger partial charge in [-0.05, 0) is 19.1 Å². The van der Waals surface area contributed by atoms with Gasteiger partial charge in [0.05, 0.1) is 11.0 Å². The fourth-order valence-corrected chi connectivity index (χ4v) is 3.53. The number of rotatable bonds is 7. The molecule has 0 saturated heterocycles. The summed E-state index contributed by atoms with van der Waals surface area (Å²) in [5.74, 6) is -1.57. The first-order valence-corrected chi connectivity index (χ1v) is 10.4. The molecule has 1 aromatic carbocycles. The summed E-state index contributed by atoms with van der Waals surface area (Å²) in [7, 11) is 0. The molecular formula is C20H14F5N5O4S. The Hall–Kier alpha value is -4.14. The van der Waals surface area contributed by atoms with Crippen LogP contribution in [0.5, 0.6) is 11.5 Å². The van der Waals surface area contributed by atoms with Crippen molar-refractivity contribution in [3.8, 4) is 11.5 Å². The summed E-state index contributed by atoms with van der Waals surface area (Å²) in [6.07, 6.45) is -4.73. The Balaban J connectivity index is 1.39. The number of hydrogen-bond acceptors (Lipinski definition) is 8. The molecule has 1 aliphatic heterocycles. The molecule has 3 heterocycles. The summed E-state index contributed by atoms with van der Waals surface area (Å²) in [4.78, 5) is 23.5. The van der Waals surface area contributed by atoms with Crippen molar-refractivity contribution >= 4 is 39.4 Å². The van der Waals surface area contributed by atoms with Crippen molar-refractivity contribution in [3.63, 3.8) is 0 Å². The van der Waals surface area contributed by atoms with Crippen LogP contribution in [-0.4, -0.2) is 33.5 Å². The van der Waals surface area contributed by atoms with Gasteiger partial charge in [0.1, 0.15) is 11.5 Å². The Labute approximate surface area is 196 Å². The number of carbonyl (C=O) groups is 1. The predicted molar refractivity (Wildman–Crippen MR) is 115 cm³/mol. The number of carbonyl (C=O) groups excluding carboxylic acids is 1. The van der Waals surface area contributed by atoms with Crippen molar-refractivity contribution in [2.45, 2.75) is 19.6 Å². The highest BCUT2D eigenvalue weighted by Crippen LogP contribution is 2.43. The van der Waals surface area contributed by atoms with E-state index >= 15 is 0 Å². The maximum atomic E-state index is 13.2. The second-order valence-electron chi connectivity index (χ2n) is 6.78. The molecule has 184 valence electrons. The molecule has 4 rings (SSSR count). The number of amides is 1. The lowest BCUT2D eigenvalue weighted by Crippen LogP contribution is -2.25.